The molecule has 0 bridgehead atoms. The van der Waals surface area contributed by atoms with Crippen molar-refractivity contribution in [1.29, 1.82) is 5.26 Å². The van der Waals surface area contributed by atoms with E-state index >= 15 is 4.39 Å². The highest BCUT2D eigenvalue weighted by molar-refractivity contribution is 5.84. The zero-order chi connectivity index (χ0) is 31.6. The van der Waals surface area contributed by atoms with Gasteiger partial charge in [-0.1, -0.05) is 12.1 Å². The van der Waals surface area contributed by atoms with E-state index in [9.17, 15) is 20.0 Å². The number of hydrogen-bond donors (Lipinski definition) is 3. The average Bonchev–Trinajstić information content (AvgIpc) is 3.02. The summed E-state index contributed by atoms with van der Waals surface area (Å²) in [6.45, 7) is 2.91. The van der Waals surface area contributed by atoms with Crippen LogP contribution in [0.3, 0.4) is 0 Å². The van der Waals surface area contributed by atoms with Gasteiger partial charge in [-0.25, -0.2) is 9.37 Å². The lowest BCUT2D eigenvalue weighted by Gasteiger charge is -2.19. The van der Waals surface area contributed by atoms with Crippen LogP contribution >= 0.6 is 0 Å². The minimum absolute atomic E-state index is 0.130. The third-order valence-electron chi connectivity index (χ3n) is 7.38. The summed E-state index contributed by atoms with van der Waals surface area (Å²) in [5.41, 5.74) is 0.671. The van der Waals surface area contributed by atoms with E-state index in [0.29, 0.717) is 44.9 Å². The molecule has 0 radical (unpaired) electrons. The highest BCUT2D eigenvalue weighted by atomic mass is 19.1. The molecule has 0 unspecified atom stereocenters. The fraction of sp³-hybridized carbons (Fsp3) is 0.212. The summed E-state index contributed by atoms with van der Waals surface area (Å²) >= 11 is 0. The predicted molar refractivity (Wildman–Crippen MR) is 165 cm³/mol. The predicted octanol–water partition coefficient (Wildman–Crippen LogP) is 4.30. The van der Waals surface area contributed by atoms with Crippen LogP contribution in [0.5, 0.6) is 5.75 Å². The van der Waals surface area contributed by atoms with Gasteiger partial charge in [-0.15, -0.1) is 0 Å². The van der Waals surface area contributed by atoms with Crippen LogP contribution in [0.25, 0.3) is 27.6 Å². The number of nitriles is 1. The first kappa shape index (κ1) is 30.2. The number of hydrogen-bond acceptors (Lipinski definition) is 8. The van der Waals surface area contributed by atoms with E-state index in [2.05, 4.69) is 16.4 Å². The number of pyridine rings is 3. The van der Waals surface area contributed by atoms with Crippen molar-refractivity contribution in [3.05, 3.63) is 111 Å². The highest BCUT2D eigenvalue weighted by Gasteiger charge is 2.23. The Morgan fingerprint density at radius 1 is 1.09 bits per heavy atom. The molecular formula is C33H30FN5O5. The maximum Gasteiger partial charge on any atom is 0.274 e. The van der Waals surface area contributed by atoms with Crippen LogP contribution < -0.4 is 21.2 Å². The summed E-state index contributed by atoms with van der Waals surface area (Å²) in [5.74, 6) is 0.112. The monoisotopic (exact) mass is 595 g/mol. The second-order valence-corrected chi connectivity index (χ2v) is 10.7. The number of nitrogens with one attached hydrogen (secondary N) is 1. The molecule has 224 valence electrons. The molecule has 10 nitrogen and oxygen atoms in total. The molecule has 0 saturated carbocycles. The van der Waals surface area contributed by atoms with Gasteiger partial charge in [0.05, 0.1) is 42.0 Å². The number of aromatic nitrogens is 3. The van der Waals surface area contributed by atoms with E-state index in [0.717, 1.165) is 0 Å². The van der Waals surface area contributed by atoms with E-state index in [1.165, 1.54) is 27.6 Å². The van der Waals surface area contributed by atoms with E-state index < -0.39 is 23.4 Å². The van der Waals surface area contributed by atoms with Crippen molar-refractivity contribution in [3.63, 3.8) is 0 Å². The smallest absolute Gasteiger partial charge is 0.274 e. The summed E-state index contributed by atoms with van der Waals surface area (Å²) in [4.78, 5) is 30.9. The van der Waals surface area contributed by atoms with Gasteiger partial charge in [0, 0.05) is 30.6 Å². The Balaban J connectivity index is 1.58. The number of halogens is 1. The molecule has 3 N–H and O–H groups in total. The van der Waals surface area contributed by atoms with Crippen molar-refractivity contribution in [2.75, 3.05) is 18.5 Å². The quantitative estimate of drug-likeness (QED) is 0.229. The van der Waals surface area contributed by atoms with Crippen LogP contribution in [-0.2, 0) is 19.1 Å². The molecule has 3 aromatic heterocycles. The SMILES string of the molecule is Cn1cc(-c2cccc(-n3ccc4cc(C(C)(C)C#N)cc(F)c4c3=O)c2CO)cc(Nc2ccc(OCCO)cn2)c1=O. The Morgan fingerprint density at radius 3 is 2.57 bits per heavy atom. The molecule has 0 spiro atoms. The van der Waals surface area contributed by atoms with Gasteiger partial charge >= 0.3 is 0 Å². The second kappa shape index (κ2) is 12.1. The molecule has 0 aliphatic carbocycles. The van der Waals surface area contributed by atoms with Gasteiger partial charge in [0.1, 0.15) is 29.7 Å². The topological polar surface area (TPSA) is 142 Å². The number of aliphatic hydroxyl groups is 2. The maximum absolute atomic E-state index is 15.3. The first-order valence-electron chi connectivity index (χ1n) is 13.8. The number of rotatable bonds is 9. The van der Waals surface area contributed by atoms with Gasteiger partial charge in [0.15, 0.2) is 0 Å². The van der Waals surface area contributed by atoms with Crippen molar-refractivity contribution in [1.82, 2.24) is 14.1 Å². The fourth-order valence-electron chi connectivity index (χ4n) is 4.97. The highest BCUT2D eigenvalue weighted by Crippen LogP contribution is 2.31. The van der Waals surface area contributed by atoms with Crippen LogP contribution in [0.4, 0.5) is 15.9 Å². The lowest BCUT2D eigenvalue weighted by molar-refractivity contribution is 0.201. The van der Waals surface area contributed by atoms with Crippen molar-refractivity contribution in [2.24, 2.45) is 7.05 Å². The standard InChI is InChI=1S/C33H30FN5O5/c1-33(2,19-35)22-13-20-9-10-39(32(43)30(20)26(34)15-22)28-6-4-5-24(25(28)18-41)21-14-27(31(42)38(3)17-21)37-29-8-7-23(16-36-29)44-12-11-40/h4-10,13-17,40-41H,11-12,18H2,1-3H3,(H,36,37). The van der Waals surface area contributed by atoms with Crippen molar-refractivity contribution >= 4 is 22.3 Å². The van der Waals surface area contributed by atoms with Crippen LogP contribution in [0.15, 0.2) is 82.8 Å². The van der Waals surface area contributed by atoms with Gasteiger partial charge in [0.2, 0.25) is 0 Å². The summed E-state index contributed by atoms with van der Waals surface area (Å²) in [6.07, 6.45) is 4.60. The normalized spacial score (nSPS) is 11.4. The number of aliphatic hydroxyl groups excluding tert-OH is 2. The maximum atomic E-state index is 15.3. The Labute approximate surface area is 251 Å². The number of aryl methyl sites for hydroxylation is 1. The van der Waals surface area contributed by atoms with E-state index in [1.54, 1.807) is 75.6 Å². The Hall–Kier alpha value is -5.31. The van der Waals surface area contributed by atoms with Gasteiger partial charge in [0.25, 0.3) is 11.1 Å². The molecule has 0 fully saturated rings. The molecule has 0 atom stereocenters. The van der Waals surface area contributed by atoms with E-state index in [1.807, 2.05) is 0 Å². The summed E-state index contributed by atoms with van der Waals surface area (Å²) in [5, 5.41) is 32.2. The van der Waals surface area contributed by atoms with Gasteiger partial charge in [-0.3, -0.25) is 14.2 Å². The molecule has 11 heteroatoms. The zero-order valence-corrected chi connectivity index (χ0v) is 24.3. The molecule has 44 heavy (non-hydrogen) atoms. The lowest BCUT2D eigenvalue weighted by Crippen LogP contribution is -2.22. The van der Waals surface area contributed by atoms with Crippen LogP contribution in [0.2, 0.25) is 0 Å². The minimum Gasteiger partial charge on any atom is -0.490 e. The Morgan fingerprint density at radius 2 is 1.89 bits per heavy atom. The molecule has 5 aromatic rings. The molecule has 0 aliphatic rings. The zero-order valence-electron chi connectivity index (χ0n) is 24.3. The van der Waals surface area contributed by atoms with Crippen LogP contribution in [0.1, 0.15) is 25.0 Å². The van der Waals surface area contributed by atoms with Crippen LogP contribution in [0, 0.1) is 17.1 Å². The van der Waals surface area contributed by atoms with E-state index in [-0.39, 0.29) is 29.8 Å². The minimum atomic E-state index is -0.944. The van der Waals surface area contributed by atoms with Crippen molar-refractivity contribution in [3.8, 4) is 28.6 Å². The summed E-state index contributed by atoms with van der Waals surface area (Å²) in [6, 6.07) is 16.6. The summed E-state index contributed by atoms with van der Waals surface area (Å²) < 4.78 is 23.3. The second-order valence-electron chi connectivity index (χ2n) is 10.7. The molecule has 0 aliphatic heterocycles. The molecular weight excluding hydrogens is 565 g/mol. The summed E-state index contributed by atoms with van der Waals surface area (Å²) in [7, 11) is 1.59. The number of ether oxygens (including phenoxy) is 1. The Kier molecular flexibility index (Phi) is 8.31. The lowest BCUT2D eigenvalue weighted by atomic mass is 9.85. The molecule has 2 aromatic carbocycles. The number of benzene rings is 2. The average molecular weight is 596 g/mol. The molecule has 5 rings (SSSR count). The first-order chi connectivity index (χ1) is 21.1. The van der Waals surface area contributed by atoms with Crippen LogP contribution in [-0.4, -0.2) is 37.5 Å². The van der Waals surface area contributed by atoms with E-state index in [4.69, 9.17) is 9.84 Å². The number of anilines is 2. The molecule has 0 saturated heterocycles. The third kappa shape index (κ3) is 5.68. The van der Waals surface area contributed by atoms with Crippen molar-refractivity contribution < 1.29 is 19.3 Å². The third-order valence-corrected chi connectivity index (χ3v) is 7.38. The number of fused-ring (bicyclic) bond motifs is 1. The van der Waals surface area contributed by atoms with Gasteiger partial charge in [-0.05, 0) is 72.8 Å². The molecule has 3 heterocycles. The van der Waals surface area contributed by atoms with Gasteiger partial charge in [-0.2, -0.15) is 5.26 Å². The number of nitrogens with zero attached hydrogens (tertiary/aromatic N) is 4. The fourth-order valence-corrected chi connectivity index (χ4v) is 4.97. The largest absolute Gasteiger partial charge is 0.490 e. The molecule has 0 amide bonds. The van der Waals surface area contributed by atoms with Gasteiger partial charge < -0.3 is 24.8 Å². The first-order valence-corrected chi connectivity index (χ1v) is 13.8. The Bertz CT molecular complexity index is 2030. The van der Waals surface area contributed by atoms with Crippen molar-refractivity contribution in [2.45, 2.75) is 25.9 Å².